The van der Waals surface area contributed by atoms with Gasteiger partial charge in [-0.05, 0) is 80.3 Å². The molecule has 1 aliphatic heterocycles. The van der Waals surface area contributed by atoms with Crippen molar-refractivity contribution in [2.75, 3.05) is 6.54 Å². The Kier molecular flexibility index (Phi) is 7.96. The molecule has 3 aliphatic rings. The van der Waals surface area contributed by atoms with Crippen LogP contribution in [-0.2, 0) is 0 Å². The SMILES string of the molecule is CC1CN=Cc2c1n(-c1cc(F)ccc1-c1ccc(F)cc1-n1c3ccncc3c3cnc(C4CCCCC4)cc31)c1cc(C3CCCCC3)ncc21. The molecular formula is C45H42F2N6. The van der Waals surface area contributed by atoms with Crippen LogP contribution in [0.15, 0.2) is 84.4 Å². The highest BCUT2D eigenvalue weighted by atomic mass is 19.1. The molecule has 6 nitrogen and oxygen atoms in total. The van der Waals surface area contributed by atoms with Gasteiger partial charge in [-0.3, -0.25) is 19.9 Å². The summed E-state index contributed by atoms with van der Waals surface area (Å²) < 4.78 is 35.8. The van der Waals surface area contributed by atoms with Crippen molar-refractivity contribution in [1.29, 1.82) is 0 Å². The van der Waals surface area contributed by atoms with E-state index in [2.05, 4.69) is 33.2 Å². The minimum absolute atomic E-state index is 0.0971. The Labute approximate surface area is 307 Å². The van der Waals surface area contributed by atoms with Gasteiger partial charge in [0.15, 0.2) is 0 Å². The number of rotatable bonds is 5. The standard InChI is InChI=1S/C45H42F2N6/c1-27-22-49-24-37-36-26-51-39(29-10-6-3-7-11-29)21-44(36)53(45(27)37)42-19-31(47)13-15-33(42)32-14-12-30(46)18-41(32)52-40-16-17-48-23-34(40)35-25-50-38(20-43(35)52)28-8-4-2-5-9-28/h12-21,23-29H,2-11,22H2,1H3. The van der Waals surface area contributed by atoms with E-state index in [1.807, 2.05) is 43.0 Å². The van der Waals surface area contributed by atoms with Crippen LogP contribution in [0.1, 0.15) is 112 Å². The first kappa shape index (κ1) is 32.4. The van der Waals surface area contributed by atoms with Crippen molar-refractivity contribution in [2.45, 2.75) is 88.9 Å². The summed E-state index contributed by atoms with van der Waals surface area (Å²) in [6, 6.07) is 16.4. The van der Waals surface area contributed by atoms with Crippen molar-refractivity contribution in [3.63, 3.8) is 0 Å². The van der Waals surface area contributed by atoms with Crippen molar-refractivity contribution >= 4 is 38.9 Å². The lowest BCUT2D eigenvalue weighted by molar-refractivity contribution is 0.437. The second-order valence-electron chi connectivity index (χ2n) is 15.5. The topological polar surface area (TPSA) is 60.9 Å². The van der Waals surface area contributed by atoms with E-state index in [0.29, 0.717) is 24.1 Å². The Balaban J connectivity index is 1.24. The summed E-state index contributed by atoms with van der Waals surface area (Å²) >= 11 is 0. The molecule has 8 heteroatoms. The Morgan fingerprint density at radius 2 is 1.17 bits per heavy atom. The molecule has 53 heavy (non-hydrogen) atoms. The van der Waals surface area contributed by atoms with Gasteiger partial charge in [-0.2, -0.15) is 0 Å². The third kappa shape index (κ3) is 5.40. The fourth-order valence-corrected chi connectivity index (χ4v) is 9.62. The average Bonchev–Trinajstić information content (AvgIpc) is 3.71. The maximum absolute atomic E-state index is 15.7. The van der Waals surface area contributed by atoms with E-state index in [4.69, 9.17) is 15.0 Å². The first-order valence-electron chi connectivity index (χ1n) is 19.4. The zero-order valence-corrected chi connectivity index (χ0v) is 30.0. The smallest absolute Gasteiger partial charge is 0.125 e. The summed E-state index contributed by atoms with van der Waals surface area (Å²) in [6.45, 7) is 2.83. The Morgan fingerprint density at radius 3 is 1.81 bits per heavy atom. The van der Waals surface area contributed by atoms with Gasteiger partial charge in [0, 0.05) is 105 Å². The first-order chi connectivity index (χ1) is 26.0. The zero-order chi connectivity index (χ0) is 35.6. The van der Waals surface area contributed by atoms with Crippen LogP contribution < -0.4 is 0 Å². The summed E-state index contributed by atoms with van der Waals surface area (Å²) in [6.07, 6.45) is 21.5. The average molecular weight is 705 g/mol. The fraction of sp³-hybridized carbons (Fsp3) is 0.333. The first-order valence-corrected chi connectivity index (χ1v) is 19.4. The number of hydrogen-bond donors (Lipinski definition) is 0. The van der Waals surface area contributed by atoms with Crippen LogP contribution in [0.4, 0.5) is 8.78 Å². The molecule has 5 aromatic heterocycles. The van der Waals surface area contributed by atoms with E-state index in [0.717, 1.165) is 97.9 Å². The molecule has 6 heterocycles. The Morgan fingerprint density at radius 1 is 0.604 bits per heavy atom. The molecule has 0 spiro atoms. The minimum Gasteiger partial charge on any atom is -0.312 e. The number of pyridine rings is 3. The van der Waals surface area contributed by atoms with Crippen LogP contribution in [0.3, 0.4) is 0 Å². The number of aliphatic imine (C=N–C) groups is 1. The highest BCUT2D eigenvalue weighted by Gasteiger charge is 2.29. The normalized spacial score (nSPS) is 18.4. The number of nitrogens with zero attached hydrogens (tertiary/aromatic N) is 6. The van der Waals surface area contributed by atoms with Gasteiger partial charge in [-0.15, -0.1) is 0 Å². The predicted octanol–water partition coefficient (Wildman–Crippen LogP) is 11.5. The molecule has 2 fully saturated rings. The molecule has 0 N–H and O–H groups in total. The van der Waals surface area contributed by atoms with E-state index < -0.39 is 0 Å². The van der Waals surface area contributed by atoms with E-state index in [1.165, 1.54) is 50.7 Å². The van der Waals surface area contributed by atoms with Crippen LogP contribution in [0, 0.1) is 11.6 Å². The van der Waals surface area contributed by atoms with Gasteiger partial charge in [-0.1, -0.05) is 45.4 Å². The predicted molar refractivity (Wildman–Crippen MR) is 209 cm³/mol. The molecule has 7 aromatic rings. The highest BCUT2D eigenvalue weighted by Crippen LogP contribution is 2.44. The largest absolute Gasteiger partial charge is 0.312 e. The minimum atomic E-state index is -0.338. The molecule has 0 amide bonds. The quantitative estimate of drug-likeness (QED) is 0.179. The van der Waals surface area contributed by atoms with Crippen molar-refractivity contribution in [3.8, 4) is 22.5 Å². The van der Waals surface area contributed by atoms with Gasteiger partial charge in [0.2, 0.25) is 0 Å². The number of fused-ring (bicyclic) bond motifs is 6. The molecule has 0 radical (unpaired) electrons. The molecule has 0 bridgehead atoms. The number of aromatic nitrogens is 5. The van der Waals surface area contributed by atoms with E-state index in [1.54, 1.807) is 18.3 Å². The van der Waals surface area contributed by atoms with Crippen LogP contribution in [0.25, 0.3) is 55.2 Å². The lowest BCUT2D eigenvalue weighted by Gasteiger charge is -2.23. The van der Waals surface area contributed by atoms with E-state index in [9.17, 15) is 0 Å². The highest BCUT2D eigenvalue weighted by molar-refractivity contribution is 6.09. The van der Waals surface area contributed by atoms with Crippen LogP contribution in [-0.4, -0.2) is 36.8 Å². The summed E-state index contributed by atoms with van der Waals surface area (Å²) in [5.41, 5.74) is 10.2. The molecule has 1 unspecified atom stereocenters. The molecule has 2 saturated carbocycles. The Bertz CT molecular complexity index is 2570. The number of benzene rings is 2. The monoisotopic (exact) mass is 704 g/mol. The molecule has 266 valence electrons. The number of hydrogen-bond acceptors (Lipinski definition) is 4. The summed E-state index contributed by atoms with van der Waals surface area (Å²) in [5.74, 6) is 0.246. The summed E-state index contributed by atoms with van der Waals surface area (Å²) in [4.78, 5) is 19.2. The van der Waals surface area contributed by atoms with Gasteiger partial charge >= 0.3 is 0 Å². The van der Waals surface area contributed by atoms with Crippen molar-refractivity contribution in [3.05, 3.63) is 114 Å². The third-order valence-electron chi connectivity index (χ3n) is 12.2. The van der Waals surface area contributed by atoms with Crippen LogP contribution in [0.5, 0.6) is 0 Å². The van der Waals surface area contributed by atoms with Gasteiger partial charge in [0.25, 0.3) is 0 Å². The third-order valence-corrected chi connectivity index (χ3v) is 12.2. The molecule has 0 saturated heterocycles. The van der Waals surface area contributed by atoms with Gasteiger partial charge in [-0.25, -0.2) is 8.78 Å². The maximum atomic E-state index is 15.7. The van der Waals surface area contributed by atoms with Crippen molar-refractivity contribution in [2.24, 2.45) is 4.99 Å². The number of halogens is 2. The maximum Gasteiger partial charge on any atom is 0.125 e. The molecule has 10 rings (SSSR count). The van der Waals surface area contributed by atoms with Gasteiger partial charge in [0.05, 0.1) is 27.9 Å². The van der Waals surface area contributed by atoms with Crippen molar-refractivity contribution < 1.29 is 8.78 Å². The summed E-state index contributed by atoms with van der Waals surface area (Å²) in [7, 11) is 0. The molecular weight excluding hydrogens is 663 g/mol. The molecule has 2 aliphatic carbocycles. The lowest BCUT2D eigenvalue weighted by atomic mass is 9.86. The van der Waals surface area contributed by atoms with E-state index >= 15 is 8.78 Å². The van der Waals surface area contributed by atoms with Crippen LogP contribution >= 0.6 is 0 Å². The second-order valence-corrected chi connectivity index (χ2v) is 15.5. The van der Waals surface area contributed by atoms with Gasteiger partial charge in [0.1, 0.15) is 11.6 Å². The molecule has 1 atom stereocenters. The zero-order valence-electron chi connectivity index (χ0n) is 30.0. The van der Waals surface area contributed by atoms with Crippen LogP contribution in [0.2, 0.25) is 0 Å². The fourth-order valence-electron chi connectivity index (χ4n) is 9.62. The van der Waals surface area contributed by atoms with E-state index in [-0.39, 0.29) is 17.6 Å². The van der Waals surface area contributed by atoms with Gasteiger partial charge < -0.3 is 9.13 Å². The lowest BCUT2D eigenvalue weighted by Crippen LogP contribution is -2.13. The molecule has 2 aromatic carbocycles. The second kappa shape index (κ2) is 13.0. The summed E-state index contributed by atoms with van der Waals surface area (Å²) in [5, 5.41) is 2.95. The Hall–Kier alpha value is -5.24. The van der Waals surface area contributed by atoms with Crippen molar-refractivity contribution in [1.82, 2.24) is 24.1 Å².